The number of hydrogen-bond donors (Lipinski definition) is 2. The van der Waals surface area contributed by atoms with Gasteiger partial charge in [-0.25, -0.2) is 0 Å². The van der Waals surface area contributed by atoms with E-state index in [0.717, 1.165) is 16.7 Å². The topological polar surface area (TPSA) is 55.1 Å². The third-order valence-corrected chi connectivity index (χ3v) is 2.72. The highest BCUT2D eigenvalue weighted by Gasteiger charge is 2.13. The highest BCUT2D eigenvalue weighted by atomic mass is 16.1. The zero-order valence-corrected chi connectivity index (χ0v) is 10.1. The van der Waals surface area contributed by atoms with Crippen LogP contribution in [0.15, 0.2) is 31.4 Å². The summed E-state index contributed by atoms with van der Waals surface area (Å²) >= 11 is 0. The summed E-state index contributed by atoms with van der Waals surface area (Å²) in [4.78, 5) is 11.1. The van der Waals surface area contributed by atoms with E-state index in [1.54, 1.807) is 19.2 Å². The van der Waals surface area contributed by atoms with Crippen LogP contribution in [-0.4, -0.2) is 19.0 Å². The van der Waals surface area contributed by atoms with Crippen LogP contribution in [0.3, 0.4) is 0 Å². The predicted molar refractivity (Wildman–Crippen MR) is 72.4 cm³/mol. The number of amides is 1. The minimum atomic E-state index is -0.347. The van der Waals surface area contributed by atoms with Gasteiger partial charge in [-0.15, -0.1) is 0 Å². The first kappa shape index (κ1) is 13.2. The predicted octanol–water partition coefficient (Wildman–Crippen LogP) is 1.59. The quantitative estimate of drug-likeness (QED) is 0.779. The lowest BCUT2D eigenvalue weighted by atomic mass is 9.99. The molecule has 3 N–H and O–H groups in total. The molecule has 90 valence electrons. The monoisotopic (exact) mass is 230 g/mol. The van der Waals surface area contributed by atoms with Gasteiger partial charge in [0.15, 0.2) is 0 Å². The molecule has 1 atom stereocenters. The van der Waals surface area contributed by atoms with Gasteiger partial charge < -0.3 is 11.1 Å². The highest BCUT2D eigenvalue weighted by Crippen LogP contribution is 2.15. The molecule has 0 radical (unpaired) electrons. The molecule has 0 saturated carbocycles. The zero-order valence-electron chi connectivity index (χ0n) is 10.1. The molecule has 0 heterocycles. The third-order valence-electron chi connectivity index (χ3n) is 2.72. The second-order valence-corrected chi connectivity index (χ2v) is 3.82. The first-order chi connectivity index (χ1) is 8.12. The Bertz CT molecular complexity index is 438. The Balaban J connectivity index is 2.96. The zero-order chi connectivity index (χ0) is 12.8. The molecule has 1 aromatic carbocycles. The standard InChI is InChI=1S/C14H18N2O/c1-4-11-7-6-10(8-12(11)5-2)9-13(16-3)14(15)17/h4-8,13,16H,1-2,9H2,3H3,(H2,15,17). The molecule has 1 rings (SSSR count). The van der Waals surface area contributed by atoms with Crippen LogP contribution in [0.5, 0.6) is 0 Å². The van der Waals surface area contributed by atoms with E-state index in [1.165, 1.54) is 0 Å². The van der Waals surface area contributed by atoms with Crippen molar-refractivity contribution in [2.75, 3.05) is 7.05 Å². The smallest absolute Gasteiger partial charge is 0.234 e. The minimum absolute atomic E-state index is 0.345. The SMILES string of the molecule is C=Cc1ccc(CC(NC)C(N)=O)cc1C=C. The Hall–Kier alpha value is -1.87. The minimum Gasteiger partial charge on any atom is -0.368 e. The molecule has 0 spiro atoms. The lowest BCUT2D eigenvalue weighted by Gasteiger charge is -2.13. The summed E-state index contributed by atoms with van der Waals surface area (Å²) in [6.07, 6.45) is 4.13. The van der Waals surface area contributed by atoms with Gasteiger partial charge in [0.2, 0.25) is 5.91 Å². The molecule has 1 amide bonds. The largest absolute Gasteiger partial charge is 0.368 e. The van der Waals surface area contributed by atoms with Crippen LogP contribution in [0, 0.1) is 0 Å². The summed E-state index contributed by atoms with van der Waals surface area (Å²) in [6.45, 7) is 7.50. The number of benzene rings is 1. The van der Waals surface area contributed by atoms with Gasteiger partial charge in [-0.1, -0.05) is 43.5 Å². The molecule has 0 aromatic heterocycles. The van der Waals surface area contributed by atoms with Crippen molar-refractivity contribution in [3.05, 3.63) is 48.0 Å². The summed E-state index contributed by atoms with van der Waals surface area (Å²) in [5.74, 6) is -0.347. The van der Waals surface area contributed by atoms with Crippen LogP contribution in [-0.2, 0) is 11.2 Å². The van der Waals surface area contributed by atoms with Crippen LogP contribution in [0.2, 0.25) is 0 Å². The Morgan fingerprint density at radius 2 is 2.06 bits per heavy atom. The van der Waals surface area contributed by atoms with Crippen molar-refractivity contribution < 1.29 is 4.79 Å². The van der Waals surface area contributed by atoms with E-state index < -0.39 is 0 Å². The number of carbonyl (C=O) groups excluding carboxylic acids is 1. The molecule has 17 heavy (non-hydrogen) atoms. The Morgan fingerprint density at radius 1 is 1.41 bits per heavy atom. The first-order valence-electron chi connectivity index (χ1n) is 5.46. The van der Waals surface area contributed by atoms with Crippen molar-refractivity contribution in [2.45, 2.75) is 12.5 Å². The molecule has 0 aliphatic heterocycles. The molecule has 0 fully saturated rings. The Labute approximate surface area is 102 Å². The number of nitrogens with two attached hydrogens (primary N) is 1. The fraction of sp³-hybridized carbons (Fsp3) is 0.214. The van der Waals surface area contributed by atoms with Crippen LogP contribution < -0.4 is 11.1 Å². The number of nitrogens with one attached hydrogen (secondary N) is 1. The van der Waals surface area contributed by atoms with E-state index in [4.69, 9.17) is 5.73 Å². The van der Waals surface area contributed by atoms with Crippen LogP contribution in [0.1, 0.15) is 16.7 Å². The van der Waals surface area contributed by atoms with E-state index in [9.17, 15) is 4.79 Å². The summed E-state index contributed by atoms with van der Waals surface area (Å²) in [6, 6.07) is 5.59. The number of primary amides is 1. The first-order valence-corrected chi connectivity index (χ1v) is 5.46. The summed E-state index contributed by atoms with van der Waals surface area (Å²) < 4.78 is 0. The third kappa shape index (κ3) is 3.29. The average Bonchev–Trinajstić information content (AvgIpc) is 2.35. The maximum Gasteiger partial charge on any atom is 0.234 e. The van der Waals surface area contributed by atoms with Crippen molar-refractivity contribution in [2.24, 2.45) is 5.73 Å². The van der Waals surface area contributed by atoms with Gasteiger partial charge >= 0.3 is 0 Å². The molecule has 1 aromatic rings. The molecule has 0 aliphatic rings. The van der Waals surface area contributed by atoms with Crippen molar-refractivity contribution >= 4 is 18.1 Å². The molecule has 0 bridgehead atoms. The maximum atomic E-state index is 11.1. The van der Waals surface area contributed by atoms with Gasteiger partial charge in [0.05, 0.1) is 6.04 Å². The molecule has 3 nitrogen and oxygen atoms in total. The lowest BCUT2D eigenvalue weighted by molar-refractivity contribution is -0.119. The van der Waals surface area contributed by atoms with Gasteiger partial charge in [-0.2, -0.15) is 0 Å². The fourth-order valence-electron chi connectivity index (χ4n) is 1.69. The van der Waals surface area contributed by atoms with Gasteiger partial charge in [0.25, 0.3) is 0 Å². The van der Waals surface area contributed by atoms with E-state index in [2.05, 4.69) is 18.5 Å². The van der Waals surface area contributed by atoms with Gasteiger partial charge in [-0.05, 0) is 30.2 Å². The molecule has 1 unspecified atom stereocenters. The lowest BCUT2D eigenvalue weighted by Crippen LogP contribution is -2.40. The summed E-state index contributed by atoms with van der Waals surface area (Å²) in [7, 11) is 1.72. The number of carbonyl (C=O) groups is 1. The summed E-state index contributed by atoms with van der Waals surface area (Å²) in [5.41, 5.74) is 8.37. The maximum absolute atomic E-state index is 11.1. The number of likely N-dealkylation sites (N-methyl/N-ethyl adjacent to an activating group) is 1. The van der Waals surface area contributed by atoms with Gasteiger partial charge in [0.1, 0.15) is 0 Å². The van der Waals surface area contributed by atoms with Crippen LogP contribution >= 0.6 is 0 Å². The number of hydrogen-bond acceptors (Lipinski definition) is 2. The highest BCUT2D eigenvalue weighted by molar-refractivity contribution is 5.80. The average molecular weight is 230 g/mol. The van der Waals surface area contributed by atoms with Gasteiger partial charge in [0, 0.05) is 0 Å². The van der Waals surface area contributed by atoms with E-state index in [1.807, 2.05) is 18.2 Å². The van der Waals surface area contributed by atoms with E-state index in [-0.39, 0.29) is 11.9 Å². The van der Waals surface area contributed by atoms with Crippen molar-refractivity contribution in [1.29, 1.82) is 0 Å². The van der Waals surface area contributed by atoms with Crippen molar-refractivity contribution in [3.63, 3.8) is 0 Å². The molecule has 3 heteroatoms. The molecule has 0 saturated heterocycles. The van der Waals surface area contributed by atoms with Crippen LogP contribution in [0.25, 0.3) is 12.2 Å². The molecule has 0 aliphatic carbocycles. The van der Waals surface area contributed by atoms with E-state index in [0.29, 0.717) is 6.42 Å². The van der Waals surface area contributed by atoms with Crippen LogP contribution in [0.4, 0.5) is 0 Å². The Morgan fingerprint density at radius 3 is 2.53 bits per heavy atom. The summed E-state index contributed by atoms with van der Waals surface area (Å²) in [5, 5.41) is 2.90. The van der Waals surface area contributed by atoms with Crippen molar-refractivity contribution in [1.82, 2.24) is 5.32 Å². The molecular weight excluding hydrogens is 212 g/mol. The Kier molecular flexibility index (Phi) is 4.67. The normalized spacial score (nSPS) is 11.8. The van der Waals surface area contributed by atoms with E-state index >= 15 is 0 Å². The number of rotatable bonds is 6. The fourth-order valence-corrected chi connectivity index (χ4v) is 1.69. The molecular formula is C14H18N2O. The van der Waals surface area contributed by atoms with Crippen molar-refractivity contribution in [3.8, 4) is 0 Å². The second kappa shape index (κ2) is 6.01. The van der Waals surface area contributed by atoms with Gasteiger partial charge in [-0.3, -0.25) is 4.79 Å². The second-order valence-electron chi connectivity index (χ2n) is 3.82.